The lowest BCUT2D eigenvalue weighted by Crippen LogP contribution is -2.21. The second-order valence-electron chi connectivity index (χ2n) is 5.68. The number of hydrogen-bond donors (Lipinski definition) is 3. The maximum atomic E-state index is 12.2. The van der Waals surface area contributed by atoms with E-state index in [1.165, 1.54) is 23.6 Å². The molecule has 1 aromatic carbocycles. The van der Waals surface area contributed by atoms with Crippen LogP contribution in [0.25, 0.3) is 0 Å². The predicted molar refractivity (Wildman–Crippen MR) is 95.5 cm³/mol. The van der Waals surface area contributed by atoms with Crippen molar-refractivity contribution in [3.05, 3.63) is 62.4 Å². The van der Waals surface area contributed by atoms with Crippen LogP contribution >= 0.6 is 11.8 Å². The number of fused-ring (bicyclic) bond motifs is 1. The predicted octanol–water partition coefficient (Wildman–Crippen LogP) is 3.54. The molecule has 2 aromatic rings. The molecular formula is C18H19N3OS. The van der Waals surface area contributed by atoms with Crippen LogP contribution in [0.4, 0.5) is 0 Å². The van der Waals surface area contributed by atoms with E-state index in [2.05, 4.69) is 4.98 Å². The first-order valence-corrected chi connectivity index (χ1v) is 8.72. The third-order valence-corrected chi connectivity index (χ3v) is 5.33. The van der Waals surface area contributed by atoms with Crippen LogP contribution in [-0.2, 0) is 18.6 Å². The van der Waals surface area contributed by atoms with Gasteiger partial charge in [0.1, 0.15) is 0 Å². The minimum atomic E-state index is -0.151. The van der Waals surface area contributed by atoms with Crippen LogP contribution in [0, 0.1) is 10.8 Å². The van der Waals surface area contributed by atoms with Gasteiger partial charge in [-0.3, -0.25) is 4.79 Å². The molecule has 0 spiro atoms. The first-order valence-electron chi connectivity index (χ1n) is 7.73. The van der Waals surface area contributed by atoms with E-state index in [9.17, 15) is 4.79 Å². The Hall–Kier alpha value is -2.14. The van der Waals surface area contributed by atoms with Crippen LogP contribution in [0.5, 0.6) is 0 Å². The van der Waals surface area contributed by atoms with Gasteiger partial charge in [0.15, 0.2) is 0 Å². The zero-order valence-corrected chi connectivity index (χ0v) is 13.6. The highest BCUT2D eigenvalue weighted by atomic mass is 32.2. The smallest absolute Gasteiger partial charge is 0.257 e. The van der Waals surface area contributed by atoms with Gasteiger partial charge in [-0.05, 0) is 47.9 Å². The summed E-state index contributed by atoms with van der Waals surface area (Å²) in [5.41, 5.74) is 4.72. The molecule has 5 heteroatoms. The van der Waals surface area contributed by atoms with E-state index in [1.807, 2.05) is 24.3 Å². The highest BCUT2D eigenvalue weighted by Crippen LogP contribution is 2.31. The summed E-state index contributed by atoms with van der Waals surface area (Å²) in [6, 6.07) is 7.90. The molecule has 0 saturated heterocycles. The number of hydrogen-bond acceptors (Lipinski definition) is 4. The second kappa shape index (κ2) is 6.96. The lowest BCUT2D eigenvalue weighted by molar-refractivity contribution is 0.664. The molecule has 1 heterocycles. The number of aromatic amines is 1. The summed E-state index contributed by atoms with van der Waals surface area (Å²) in [4.78, 5) is 15.2. The Morgan fingerprint density at radius 1 is 1.04 bits per heavy atom. The Morgan fingerprint density at radius 2 is 1.74 bits per heavy atom. The average molecular weight is 325 g/mol. The van der Waals surface area contributed by atoms with Gasteiger partial charge >= 0.3 is 0 Å². The largest absolute Gasteiger partial charge is 0.316 e. The van der Waals surface area contributed by atoms with Crippen molar-refractivity contribution in [2.75, 3.05) is 0 Å². The van der Waals surface area contributed by atoms with Crippen LogP contribution in [0.2, 0.25) is 0 Å². The number of benzene rings is 1. The summed E-state index contributed by atoms with van der Waals surface area (Å²) < 4.78 is 0. The van der Waals surface area contributed by atoms with Gasteiger partial charge in [-0.25, -0.2) is 0 Å². The van der Waals surface area contributed by atoms with E-state index in [-0.39, 0.29) is 5.56 Å². The maximum absolute atomic E-state index is 12.2. The highest BCUT2D eigenvalue weighted by Gasteiger charge is 2.19. The van der Waals surface area contributed by atoms with Gasteiger partial charge in [-0.2, -0.15) is 0 Å². The second-order valence-corrected chi connectivity index (χ2v) is 6.67. The van der Waals surface area contributed by atoms with Crippen molar-refractivity contribution >= 4 is 24.2 Å². The third-order valence-electron chi connectivity index (χ3n) is 4.21. The molecule has 4 nitrogen and oxygen atoms in total. The molecule has 3 rings (SSSR count). The number of pyridine rings is 1. The van der Waals surface area contributed by atoms with Gasteiger partial charge in [0.25, 0.3) is 5.56 Å². The Balaban J connectivity index is 1.87. The SMILES string of the molecule is N=Cc1ccc(CSc2[nH]c(=O)c(C=N)c3c2CCCC3)cc1. The number of nitrogens with one attached hydrogen (secondary N) is 3. The first-order chi connectivity index (χ1) is 11.2. The van der Waals surface area contributed by atoms with E-state index in [0.29, 0.717) is 5.56 Å². The zero-order chi connectivity index (χ0) is 16.2. The van der Waals surface area contributed by atoms with Crippen molar-refractivity contribution in [3.63, 3.8) is 0 Å². The number of thioether (sulfide) groups is 1. The lowest BCUT2D eigenvalue weighted by Gasteiger charge is -2.20. The summed E-state index contributed by atoms with van der Waals surface area (Å²) in [6.45, 7) is 0. The van der Waals surface area contributed by atoms with Crippen molar-refractivity contribution in [2.24, 2.45) is 0 Å². The molecule has 1 aliphatic rings. The molecule has 0 bridgehead atoms. The van der Waals surface area contributed by atoms with E-state index in [1.54, 1.807) is 11.8 Å². The third kappa shape index (κ3) is 3.29. The monoisotopic (exact) mass is 325 g/mol. The van der Waals surface area contributed by atoms with Crippen LogP contribution < -0.4 is 5.56 Å². The Kier molecular flexibility index (Phi) is 4.76. The van der Waals surface area contributed by atoms with Crippen LogP contribution in [0.15, 0.2) is 34.1 Å². The van der Waals surface area contributed by atoms with E-state index < -0.39 is 0 Å². The van der Waals surface area contributed by atoms with Gasteiger partial charge in [-0.15, -0.1) is 11.8 Å². The summed E-state index contributed by atoms with van der Waals surface area (Å²) in [7, 11) is 0. The van der Waals surface area contributed by atoms with Crippen LogP contribution in [0.3, 0.4) is 0 Å². The molecule has 1 aromatic heterocycles. The lowest BCUT2D eigenvalue weighted by atomic mass is 9.90. The van der Waals surface area contributed by atoms with Crippen molar-refractivity contribution in [1.29, 1.82) is 10.8 Å². The summed E-state index contributed by atoms with van der Waals surface area (Å²) >= 11 is 1.65. The van der Waals surface area contributed by atoms with Gasteiger partial charge < -0.3 is 15.8 Å². The van der Waals surface area contributed by atoms with Crippen LogP contribution in [0.1, 0.15) is 40.7 Å². The van der Waals surface area contributed by atoms with E-state index in [4.69, 9.17) is 10.8 Å². The van der Waals surface area contributed by atoms with Gasteiger partial charge in [0.2, 0.25) is 0 Å². The van der Waals surface area contributed by atoms with Crippen molar-refractivity contribution in [2.45, 2.75) is 36.5 Å². The van der Waals surface area contributed by atoms with Crippen LogP contribution in [-0.4, -0.2) is 17.4 Å². The van der Waals surface area contributed by atoms with Gasteiger partial charge in [-0.1, -0.05) is 24.3 Å². The molecule has 0 amide bonds. The zero-order valence-electron chi connectivity index (χ0n) is 12.8. The molecule has 0 fully saturated rings. The molecule has 1 aliphatic carbocycles. The minimum absolute atomic E-state index is 0.151. The Bertz CT molecular complexity index is 793. The van der Waals surface area contributed by atoms with Crippen molar-refractivity contribution in [1.82, 2.24) is 4.98 Å². The fourth-order valence-electron chi connectivity index (χ4n) is 2.98. The Morgan fingerprint density at radius 3 is 2.39 bits per heavy atom. The fraction of sp³-hybridized carbons (Fsp3) is 0.278. The molecule has 23 heavy (non-hydrogen) atoms. The number of rotatable bonds is 5. The summed E-state index contributed by atoms with van der Waals surface area (Å²) in [6.07, 6.45) is 6.62. The number of aromatic nitrogens is 1. The summed E-state index contributed by atoms with van der Waals surface area (Å²) in [5, 5.41) is 15.7. The topological polar surface area (TPSA) is 80.6 Å². The molecular weight excluding hydrogens is 306 g/mol. The molecule has 0 unspecified atom stereocenters. The quantitative estimate of drug-likeness (QED) is 0.580. The van der Waals surface area contributed by atoms with E-state index in [0.717, 1.165) is 47.6 Å². The minimum Gasteiger partial charge on any atom is -0.316 e. The van der Waals surface area contributed by atoms with E-state index >= 15 is 0 Å². The van der Waals surface area contributed by atoms with Gasteiger partial charge in [0, 0.05) is 18.2 Å². The first kappa shape index (κ1) is 15.7. The summed E-state index contributed by atoms with van der Waals surface area (Å²) in [5.74, 6) is 0.782. The maximum Gasteiger partial charge on any atom is 0.257 e. The highest BCUT2D eigenvalue weighted by molar-refractivity contribution is 7.98. The Labute approximate surface area is 139 Å². The molecule has 0 saturated carbocycles. The number of H-pyrrole nitrogens is 1. The van der Waals surface area contributed by atoms with Crippen molar-refractivity contribution in [3.8, 4) is 0 Å². The molecule has 3 N–H and O–H groups in total. The normalized spacial score (nSPS) is 13.4. The molecule has 118 valence electrons. The fourth-order valence-corrected chi connectivity index (χ4v) is 4.05. The van der Waals surface area contributed by atoms with Gasteiger partial charge in [0.05, 0.1) is 10.6 Å². The standard InChI is InChI=1S/C18H19N3OS/c19-9-12-5-7-13(8-6-12)11-23-18-15-4-2-1-3-14(15)16(10-20)17(22)21-18/h5-10,19-20H,1-4,11H2,(H,21,22). The average Bonchev–Trinajstić information content (AvgIpc) is 2.60. The molecule has 0 radical (unpaired) electrons. The molecule has 0 atom stereocenters. The molecule has 0 aliphatic heterocycles. The van der Waals surface area contributed by atoms with Crippen molar-refractivity contribution < 1.29 is 0 Å².